The molecule has 0 bridgehead atoms. The van der Waals surface area contributed by atoms with Gasteiger partial charge >= 0.3 is 0 Å². The fourth-order valence-electron chi connectivity index (χ4n) is 2.67. The molecule has 0 aliphatic carbocycles. The van der Waals surface area contributed by atoms with E-state index in [1.165, 1.54) is 5.56 Å². The molecule has 0 N–H and O–H groups in total. The van der Waals surface area contributed by atoms with E-state index in [-0.39, 0.29) is 11.7 Å². The molecule has 1 aromatic carbocycles. The van der Waals surface area contributed by atoms with Gasteiger partial charge in [-0.05, 0) is 11.0 Å². The molecule has 1 aliphatic rings. The van der Waals surface area contributed by atoms with Crippen LogP contribution in [0.5, 0.6) is 0 Å². The summed E-state index contributed by atoms with van der Waals surface area (Å²) in [5.41, 5.74) is 2.49. The number of nitrogens with zero attached hydrogens (tertiary/aromatic N) is 3. The highest BCUT2D eigenvalue weighted by Gasteiger charge is 2.20. The molecule has 0 amide bonds. The van der Waals surface area contributed by atoms with Crippen molar-refractivity contribution in [2.45, 2.75) is 44.2 Å². The summed E-state index contributed by atoms with van der Waals surface area (Å²) >= 11 is 1.60. The smallest absolute Gasteiger partial charge is 0.191 e. The summed E-state index contributed by atoms with van der Waals surface area (Å²) in [5, 5.41) is 9.62. The molecule has 0 radical (unpaired) electrons. The fourth-order valence-corrected chi connectivity index (χ4v) is 3.56. The Morgan fingerprint density at radius 1 is 1.20 bits per heavy atom. The average Bonchev–Trinajstić information content (AvgIpc) is 3.22. The van der Waals surface area contributed by atoms with Gasteiger partial charge in [0, 0.05) is 12.1 Å². The zero-order valence-corrected chi connectivity index (χ0v) is 15.9. The number of benzene rings is 1. The lowest BCUT2D eigenvalue weighted by molar-refractivity contribution is -0.0215. The van der Waals surface area contributed by atoms with Gasteiger partial charge in [-0.25, -0.2) is 0 Å². The van der Waals surface area contributed by atoms with Gasteiger partial charge in [-0.15, -0.1) is 16.8 Å². The minimum atomic E-state index is -0.159. The monoisotopic (exact) mass is 359 g/mol. The van der Waals surface area contributed by atoms with Crippen LogP contribution in [-0.2, 0) is 21.4 Å². The van der Waals surface area contributed by atoms with Gasteiger partial charge in [0.15, 0.2) is 17.3 Å². The second-order valence-corrected chi connectivity index (χ2v) is 8.00. The molecule has 0 saturated carbocycles. The van der Waals surface area contributed by atoms with Crippen molar-refractivity contribution in [2.24, 2.45) is 0 Å². The number of ether oxygens (including phenoxy) is 2. The van der Waals surface area contributed by atoms with E-state index in [1.807, 2.05) is 6.08 Å². The second kappa shape index (κ2) is 7.72. The number of aromatic nitrogens is 3. The summed E-state index contributed by atoms with van der Waals surface area (Å²) < 4.78 is 13.1. The predicted octanol–water partition coefficient (Wildman–Crippen LogP) is 3.89. The number of hydrogen-bond donors (Lipinski definition) is 0. The molecule has 5 nitrogen and oxygen atoms in total. The number of rotatable bonds is 6. The van der Waals surface area contributed by atoms with Gasteiger partial charge in [0.05, 0.1) is 19.0 Å². The Kier molecular flexibility index (Phi) is 5.61. The molecular weight excluding hydrogens is 334 g/mol. The Morgan fingerprint density at radius 2 is 1.88 bits per heavy atom. The first-order valence-electron chi connectivity index (χ1n) is 8.50. The SMILES string of the molecule is C=CCn1c(SCC2OCCO2)nnc1-c1ccc(C(C)(C)C)cc1. The first-order valence-corrected chi connectivity index (χ1v) is 9.48. The van der Waals surface area contributed by atoms with Gasteiger partial charge in [0.25, 0.3) is 0 Å². The lowest BCUT2D eigenvalue weighted by Crippen LogP contribution is -2.12. The van der Waals surface area contributed by atoms with E-state index in [2.05, 4.69) is 66.4 Å². The number of allylic oxidation sites excluding steroid dienone is 1. The maximum atomic E-state index is 5.49. The van der Waals surface area contributed by atoms with Crippen LogP contribution in [0.3, 0.4) is 0 Å². The van der Waals surface area contributed by atoms with E-state index in [9.17, 15) is 0 Å². The highest BCUT2D eigenvalue weighted by molar-refractivity contribution is 7.99. The van der Waals surface area contributed by atoms with Crippen LogP contribution in [0.4, 0.5) is 0 Å². The van der Waals surface area contributed by atoms with Crippen LogP contribution in [0.2, 0.25) is 0 Å². The molecule has 1 aromatic heterocycles. The first kappa shape index (κ1) is 18.2. The molecule has 3 rings (SSSR count). The van der Waals surface area contributed by atoms with Crippen molar-refractivity contribution in [2.75, 3.05) is 19.0 Å². The molecule has 2 heterocycles. The molecule has 25 heavy (non-hydrogen) atoms. The largest absolute Gasteiger partial charge is 0.349 e. The highest BCUT2D eigenvalue weighted by Crippen LogP contribution is 2.28. The van der Waals surface area contributed by atoms with Gasteiger partial charge in [-0.3, -0.25) is 4.57 Å². The summed E-state index contributed by atoms with van der Waals surface area (Å²) in [6.45, 7) is 12.5. The van der Waals surface area contributed by atoms with Crippen LogP contribution in [0.25, 0.3) is 11.4 Å². The van der Waals surface area contributed by atoms with Crippen LogP contribution >= 0.6 is 11.8 Å². The zero-order valence-electron chi connectivity index (χ0n) is 15.1. The Labute approximate surface area is 153 Å². The normalized spacial score (nSPS) is 15.6. The van der Waals surface area contributed by atoms with Crippen LogP contribution in [-0.4, -0.2) is 40.0 Å². The maximum absolute atomic E-state index is 5.49. The third-order valence-electron chi connectivity index (χ3n) is 4.08. The van der Waals surface area contributed by atoms with Crippen LogP contribution in [0.1, 0.15) is 26.3 Å². The molecule has 6 heteroatoms. The Balaban J connectivity index is 1.81. The van der Waals surface area contributed by atoms with Crippen LogP contribution in [0.15, 0.2) is 42.1 Å². The third-order valence-corrected chi connectivity index (χ3v) is 5.08. The topological polar surface area (TPSA) is 49.2 Å². The van der Waals surface area contributed by atoms with Crippen LogP contribution < -0.4 is 0 Å². The van der Waals surface area contributed by atoms with E-state index in [0.29, 0.717) is 25.5 Å². The third kappa shape index (κ3) is 4.32. The highest BCUT2D eigenvalue weighted by atomic mass is 32.2. The van der Waals surface area contributed by atoms with Gasteiger partial charge < -0.3 is 9.47 Å². The number of thioether (sulfide) groups is 1. The Bertz CT molecular complexity index is 713. The Morgan fingerprint density at radius 3 is 2.48 bits per heavy atom. The van der Waals surface area contributed by atoms with E-state index in [0.717, 1.165) is 16.5 Å². The summed E-state index contributed by atoms with van der Waals surface area (Å²) in [6.07, 6.45) is 1.71. The van der Waals surface area contributed by atoms with Gasteiger partial charge in [0.2, 0.25) is 0 Å². The molecule has 134 valence electrons. The molecule has 1 saturated heterocycles. The molecule has 1 aliphatic heterocycles. The minimum Gasteiger partial charge on any atom is -0.349 e. The minimum absolute atomic E-state index is 0.135. The fraction of sp³-hybridized carbons (Fsp3) is 0.474. The molecule has 2 aromatic rings. The van der Waals surface area contributed by atoms with Gasteiger partial charge in [-0.2, -0.15) is 0 Å². The summed E-state index contributed by atoms with van der Waals surface area (Å²) in [4.78, 5) is 0. The van der Waals surface area contributed by atoms with Crippen molar-refractivity contribution in [3.05, 3.63) is 42.5 Å². The summed E-state index contributed by atoms with van der Waals surface area (Å²) in [7, 11) is 0. The number of hydrogen-bond acceptors (Lipinski definition) is 5. The predicted molar refractivity (Wildman–Crippen MR) is 101 cm³/mol. The Hall–Kier alpha value is -1.63. The first-order chi connectivity index (χ1) is 12.0. The van der Waals surface area contributed by atoms with E-state index in [1.54, 1.807) is 11.8 Å². The lowest BCUT2D eigenvalue weighted by atomic mass is 9.87. The molecular formula is C19H25N3O2S. The van der Waals surface area contributed by atoms with E-state index < -0.39 is 0 Å². The quantitative estimate of drug-likeness (QED) is 0.578. The van der Waals surface area contributed by atoms with Crippen molar-refractivity contribution in [3.63, 3.8) is 0 Å². The van der Waals surface area contributed by atoms with E-state index in [4.69, 9.17) is 9.47 Å². The van der Waals surface area contributed by atoms with Gasteiger partial charge in [-0.1, -0.05) is 62.9 Å². The van der Waals surface area contributed by atoms with Crippen molar-refractivity contribution < 1.29 is 9.47 Å². The summed E-state index contributed by atoms with van der Waals surface area (Å²) in [6, 6.07) is 8.55. The second-order valence-electron chi connectivity index (χ2n) is 7.01. The van der Waals surface area contributed by atoms with Gasteiger partial charge in [0.1, 0.15) is 0 Å². The molecule has 0 spiro atoms. The van der Waals surface area contributed by atoms with Crippen molar-refractivity contribution >= 4 is 11.8 Å². The van der Waals surface area contributed by atoms with Crippen LogP contribution in [0, 0.1) is 0 Å². The molecule has 0 atom stereocenters. The van der Waals surface area contributed by atoms with Crippen molar-refractivity contribution in [1.29, 1.82) is 0 Å². The maximum Gasteiger partial charge on any atom is 0.191 e. The molecule has 1 fully saturated rings. The van der Waals surface area contributed by atoms with Crippen molar-refractivity contribution in [3.8, 4) is 11.4 Å². The van der Waals surface area contributed by atoms with Crippen molar-refractivity contribution in [1.82, 2.24) is 14.8 Å². The molecule has 0 unspecified atom stereocenters. The zero-order chi connectivity index (χ0) is 17.9. The summed E-state index contributed by atoms with van der Waals surface area (Å²) in [5.74, 6) is 1.56. The lowest BCUT2D eigenvalue weighted by Gasteiger charge is -2.19. The van der Waals surface area contributed by atoms with E-state index >= 15 is 0 Å². The average molecular weight is 359 g/mol. The standard InChI is InChI=1S/C19H25N3O2S/c1-5-10-22-17(14-6-8-15(9-7-14)19(2,3)4)20-21-18(22)25-13-16-23-11-12-24-16/h5-9,16H,1,10-13H2,2-4H3.